The van der Waals surface area contributed by atoms with E-state index in [4.69, 9.17) is 11.6 Å². The second-order valence-electron chi connectivity index (χ2n) is 2.76. The molecule has 1 N–H and O–H groups in total. The summed E-state index contributed by atoms with van der Waals surface area (Å²) in [5.41, 5.74) is 0. The molecule has 0 aromatic carbocycles. The summed E-state index contributed by atoms with van der Waals surface area (Å²) in [6, 6.07) is 3.80. The monoisotopic (exact) mass is 228 g/mol. The summed E-state index contributed by atoms with van der Waals surface area (Å²) >= 11 is 7.34. The highest BCUT2D eigenvalue weighted by molar-refractivity contribution is 7.19. The molecule has 0 amide bonds. The molecule has 4 nitrogen and oxygen atoms in total. The van der Waals surface area contributed by atoms with E-state index in [1.165, 1.54) is 11.3 Å². The minimum atomic E-state index is 0.740. The first-order chi connectivity index (χ1) is 6.72. The van der Waals surface area contributed by atoms with Gasteiger partial charge >= 0.3 is 0 Å². The summed E-state index contributed by atoms with van der Waals surface area (Å²) in [6.45, 7) is 0. The summed E-state index contributed by atoms with van der Waals surface area (Å²) in [5.74, 6) is 1.57. The van der Waals surface area contributed by atoms with Gasteiger partial charge in [-0.05, 0) is 12.1 Å². The van der Waals surface area contributed by atoms with Gasteiger partial charge in [0.15, 0.2) is 5.82 Å². The Bertz CT molecular complexity index is 448. The fraction of sp³-hybridized carbons (Fsp3) is 0.250. The Morgan fingerprint density at radius 3 is 2.71 bits per heavy atom. The van der Waals surface area contributed by atoms with E-state index in [0.29, 0.717) is 0 Å². The predicted octanol–water partition coefficient (Wildman–Crippen LogP) is 2.24. The average molecular weight is 229 g/mol. The fourth-order valence-corrected chi connectivity index (χ4v) is 2.26. The van der Waals surface area contributed by atoms with Crippen molar-refractivity contribution >= 4 is 28.9 Å². The van der Waals surface area contributed by atoms with E-state index in [9.17, 15) is 0 Å². The second-order valence-corrected chi connectivity index (χ2v) is 4.48. The molecule has 0 aliphatic rings. The van der Waals surface area contributed by atoms with Crippen molar-refractivity contribution in [2.24, 2.45) is 7.05 Å². The average Bonchev–Trinajstić information content (AvgIpc) is 2.72. The molecule has 2 aromatic heterocycles. The highest BCUT2D eigenvalue weighted by Gasteiger charge is 2.10. The summed E-state index contributed by atoms with van der Waals surface area (Å²) in [5, 5.41) is 11.0. The smallest absolute Gasteiger partial charge is 0.224 e. The molecule has 74 valence electrons. The lowest BCUT2D eigenvalue weighted by molar-refractivity contribution is 0.927. The highest BCUT2D eigenvalue weighted by Crippen LogP contribution is 2.30. The lowest BCUT2D eigenvalue weighted by Crippen LogP contribution is -1.98. The summed E-state index contributed by atoms with van der Waals surface area (Å²) in [4.78, 5) is 1.02. The third-order valence-electron chi connectivity index (χ3n) is 1.89. The normalized spacial score (nSPS) is 10.5. The van der Waals surface area contributed by atoms with Crippen molar-refractivity contribution in [3.63, 3.8) is 0 Å². The van der Waals surface area contributed by atoms with Crippen molar-refractivity contribution in [1.29, 1.82) is 0 Å². The van der Waals surface area contributed by atoms with Gasteiger partial charge in [-0.3, -0.25) is 4.57 Å². The first kappa shape index (κ1) is 9.48. The Labute approximate surface area is 90.5 Å². The van der Waals surface area contributed by atoms with Crippen LogP contribution in [0.25, 0.3) is 10.7 Å². The summed E-state index contributed by atoms with van der Waals surface area (Å²) in [7, 11) is 3.73. The molecule has 0 radical (unpaired) electrons. The van der Waals surface area contributed by atoms with Crippen LogP contribution in [0.4, 0.5) is 5.95 Å². The molecule has 0 spiro atoms. The van der Waals surface area contributed by atoms with Crippen LogP contribution in [0.15, 0.2) is 12.1 Å². The van der Waals surface area contributed by atoms with Gasteiger partial charge in [-0.15, -0.1) is 21.5 Å². The van der Waals surface area contributed by atoms with Crippen molar-refractivity contribution in [3.05, 3.63) is 16.5 Å². The molecule has 0 aliphatic carbocycles. The minimum Gasteiger partial charge on any atom is -0.357 e. The van der Waals surface area contributed by atoms with Crippen LogP contribution >= 0.6 is 22.9 Å². The van der Waals surface area contributed by atoms with Crippen LogP contribution in [0.2, 0.25) is 4.34 Å². The maximum atomic E-state index is 5.85. The maximum Gasteiger partial charge on any atom is 0.224 e. The standard InChI is InChI=1S/C8H9ClN4S/c1-10-8-12-11-7(13(8)2)5-3-4-6(9)14-5/h3-4H,1-2H3,(H,10,12). The predicted molar refractivity (Wildman–Crippen MR) is 58.9 cm³/mol. The van der Waals surface area contributed by atoms with Crippen LogP contribution < -0.4 is 5.32 Å². The number of aromatic nitrogens is 3. The van der Waals surface area contributed by atoms with Gasteiger partial charge in [0.2, 0.25) is 5.95 Å². The molecular formula is C8H9ClN4S. The third-order valence-corrected chi connectivity index (χ3v) is 3.12. The molecule has 0 atom stereocenters. The van der Waals surface area contributed by atoms with Gasteiger partial charge in [0.25, 0.3) is 0 Å². The molecule has 0 bridgehead atoms. The van der Waals surface area contributed by atoms with Crippen LogP contribution in [0.5, 0.6) is 0 Å². The van der Waals surface area contributed by atoms with Crippen LogP contribution in [-0.4, -0.2) is 21.8 Å². The summed E-state index contributed by atoms with van der Waals surface area (Å²) in [6.07, 6.45) is 0. The van der Waals surface area contributed by atoms with Crippen LogP contribution in [-0.2, 0) is 7.05 Å². The van der Waals surface area contributed by atoms with Gasteiger partial charge in [0.1, 0.15) is 0 Å². The topological polar surface area (TPSA) is 42.7 Å². The van der Waals surface area contributed by atoms with Gasteiger partial charge in [-0.1, -0.05) is 11.6 Å². The lowest BCUT2D eigenvalue weighted by atomic mass is 10.4. The van der Waals surface area contributed by atoms with Gasteiger partial charge in [0, 0.05) is 14.1 Å². The molecule has 0 unspecified atom stereocenters. The zero-order chi connectivity index (χ0) is 10.1. The molecule has 2 heterocycles. The number of thiophene rings is 1. The van der Waals surface area contributed by atoms with Gasteiger partial charge in [-0.2, -0.15) is 0 Å². The first-order valence-corrected chi connectivity index (χ1v) is 5.24. The van der Waals surface area contributed by atoms with E-state index < -0.39 is 0 Å². The number of halogens is 1. The Morgan fingerprint density at radius 2 is 2.21 bits per heavy atom. The number of nitrogens with zero attached hydrogens (tertiary/aromatic N) is 3. The Morgan fingerprint density at radius 1 is 1.43 bits per heavy atom. The van der Waals surface area contributed by atoms with Crippen molar-refractivity contribution in [2.75, 3.05) is 12.4 Å². The number of hydrogen-bond donors (Lipinski definition) is 1. The Kier molecular flexibility index (Phi) is 2.43. The number of anilines is 1. The van der Waals surface area contributed by atoms with Crippen LogP contribution in [0.3, 0.4) is 0 Å². The SMILES string of the molecule is CNc1nnc(-c2ccc(Cl)s2)n1C. The first-order valence-electron chi connectivity index (χ1n) is 4.05. The Balaban J connectivity index is 2.46. The van der Waals surface area contributed by atoms with Crippen molar-refractivity contribution in [1.82, 2.24) is 14.8 Å². The quantitative estimate of drug-likeness (QED) is 0.857. The molecule has 14 heavy (non-hydrogen) atoms. The maximum absolute atomic E-state index is 5.85. The second kappa shape index (κ2) is 3.59. The number of rotatable bonds is 2. The molecule has 0 saturated carbocycles. The molecule has 0 aliphatic heterocycles. The molecule has 2 aromatic rings. The van der Waals surface area contributed by atoms with Crippen LogP contribution in [0, 0.1) is 0 Å². The molecule has 0 fully saturated rings. The van der Waals surface area contributed by atoms with E-state index in [0.717, 1.165) is 21.0 Å². The van der Waals surface area contributed by atoms with Gasteiger partial charge < -0.3 is 5.32 Å². The third kappa shape index (κ3) is 1.49. The fourth-order valence-electron chi connectivity index (χ4n) is 1.20. The zero-order valence-electron chi connectivity index (χ0n) is 7.78. The van der Waals surface area contributed by atoms with Crippen molar-refractivity contribution in [3.8, 4) is 10.7 Å². The lowest BCUT2D eigenvalue weighted by Gasteiger charge is -1.99. The molecule has 0 saturated heterocycles. The molecular weight excluding hydrogens is 220 g/mol. The highest BCUT2D eigenvalue weighted by atomic mass is 35.5. The zero-order valence-corrected chi connectivity index (χ0v) is 9.35. The largest absolute Gasteiger partial charge is 0.357 e. The van der Waals surface area contributed by atoms with E-state index in [-0.39, 0.29) is 0 Å². The van der Waals surface area contributed by atoms with E-state index in [1.807, 2.05) is 30.8 Å². The molecule has 2 rings (SSSR count). The Hall–Kier alpha value is -1.07. The number of hydrogen-bond acceptors (Lipinski definition) is 4. The van der Waals surface area contributed by atoms with E-state index in [1.54, 1.807) is 0 Å². The number of nitrogens with one attached hydrogen (secondary N) is 1. The van der Waals surface area contributed by atoms with Crippen molar-refractivity contribution < 1.29 is 0 Å². The van der Waals surface area contributed by atoms with Gasteiger partial charge in [-0.25, -0.2) is 0 Å². The van der Waals surface area contributed by atoms with Gasteiger partial charge in [0.05, 0.1) is 9.21 Å². The summed E-state index contributed by atoms with van der Waals surface area (Å²) < 4.78 is 2.65. The minimum absolute atomic E-state index is 0.740. The van der Waals surface area contributed by atoms with Crippen molar-refractivity contribution in [2.45, 2.75) is 0 Å². The molecule has 6 heteroatoms. The van der Waals surface area contributed by atoms with Crippen LogP contribution in [0.1, 0.15) is 0 Å². The van der Waals surface area contributed by atoms with E-state index in [2.05, 4.69) is 15.5 Å². The van der Waals surface area contributed by atoms with E-state index >= 15 is 0 Å².